The second kappa shape index (κ2) is 8.90. The summed E-state index contributed by atoms with van der Waals surface area (Å²) >= 11 is 5.91. The Morgan fingerprint density at radius 1 is 1.33 bits per heavy atom. The predicted octanol–water partition coefficient (Wildman–Crippen LogP) is 7.99. The van der Waals surface area contributed by atoms with E-state index in [1.54, 1.807) is 0 Å². The van der Waals surface area contributed by atoms with E-state index in [1.165, 1.54) is 17.6 Å². The van der Waals surface area contributed by atoms with Gasteiger partial charge in [0.05, 0.1) is 0 Å². The molecule has 0 saturated carbocycles. The smallest absolute Gasteiger partial charge is 0.0150 e. The van der Waals surface area contributed by atoms with Crippen LogP contribution in [0.2, 0.25) is 0 Å². The van der Waals surface area contributed by atoms with Crippen LogP contribution in [0.1, 0.15) is 67.7 Å². The predicted molar refractivity (Wildman–Crippen MR) is 110 cm³/mol. The van der Waals surface area contributed by atoms with Crippen LogP contribution in [0.15, 0.2) is 58.7 Å². The minimum atomic E-state index is 0.248. The largest absolute Gasteiger partial charge is 0.0895 e. The van der Waals surface area contributed by atoms with Crippen LogP contribution in [0.5, 0.6) is 0 Å². The third kappa shape index (κ3) is 7.26. The molecule has 0 aromatic carbocycles. The quantitative estimate of drug-likeness (QED) is 0.427. The zero-order valence-corrected chi connectivity index (χ0v) is 17.4. The molecule has 24 heavy (non-hydrogen) atoms. The summed E-state index contributed by atoms with van der Waals surface area (Å²) < 4.78 is 0. The van der Waals surface area contributed by atoms with E-state index in [2.05, 4.69) is 78.0 Å². The van der Waals surface area contributed by atoms with Gasteiger partial charge >= 0.3 is 0 Å². The highest BCUT2D eigenvalue weighted by atomic mass is 35.5. The summed E-state index contributed by atoms with van der Waals surface area (Å²) in [6.45, 7) is 15.6. The van der Waals surface area contributed by atoms with Crippen LogP contribution in [0.3, 0.4) is 0 Å². The van der Waals surface area contributed by atoms with E-state index < -0.39 is 0 Å². The summed E-state index contributed by atoms with van der Waals surface area (Å²) in [4.78, 5) is 0. The summed E-state index contributed by atoms with van der Waals surface area (Å²) in [5.41, 5.74) is 3.29. The molecule has 0 N–H and O–H groups in total. The average molecular weight is 347 g/mol. The Morgan fingerprint density at radius 2 is 2.00 bits per heavy atom. The van der Waals surface area contributed by atoms with Gasteiger partial charge in [-0.15, -0.1) is 0 Å². The molecule has 0 aliphatic heterocycles. The minimum Gasteiger partial charge on any atom is -0.0895 e. The zero-order chi connectivity index (χ0) is 18.4. The van der Waals surface area contributed by atoms with Crippen molar-refractivity contribution in [1.82, 2.24) is 0 Å². The fraction of sp³-hybridized carbons (Fsp3) is 0.565. The molecule has 0 radical (unpaired) electrons. The SMILES string of the molecule is CCC(/C=C/C(C)CC1(C)C=CC(C(C)(C)C)=CC1)=C\C=C(/C)Cl. The van der Waals surface area contributed by atoms with E-state index in [1.807, 2.05) is 13.0 Å². The molecule has 1 heteroatoms. The molecule has 0 amide bonds. The first-order valence-corrected chi connectivity index (χ1v) is 9.54. The summed E-state index contributed by atoms with van der Waals surface area (Å²) in [5, 5.41) is 0.823. The van der Waals surface area contributed by atoms with Crippen LogP contribution in [0.4, 0.5) is 0 Å². The monoisotopic (exact) mass is 346 g/mol. The molecule has 0 fully saturated rings. The van der Waals surface area contributed by atoms with Crippen LogP contribution in [-0.4, -0.2) is 0 Å². The molecule has 0 spiro atoms. The first-order chi connectivity index (χ1) is 11.1. The van der Waals surface area contributed by atoms with Gasteiger partial charge in [-0.3, -0.25) is 0 Å². The first-order valence-electron chi connectivity index (χ1n) is 9.17. The van der Waals surface area contributed by atoms with Gasteiger partial charge in [-0.1, -0.05) is 89.6 Å². The number of allylic oxidation sites excluding steroid dienone is 10. The average Bonchev–Trinajstić information content (AvgIpc) is 2.46. The molecule has 1 aliphatic carbocycles. The van der Waals surface area contributed by atoms with E-state index in [0.29, 0.717) is 5.92 Å². The van der Waals surface area contributed by atoms with Gasteiger partial charge in [0.25, 0.3) is 0 Å². The summed E-state index contributed by atoms with van der Waals surface area (Å²) in [6, 6.07) is 0. The van der Waals surface area contributed by atoms with Gasteiger partial charge < -0.3 is 0 Å². The van der Waals surface area contributed by atoms with E-state index >= 15 is 0 Å². The Balaban J connectivity index is 2.69. The van der Waals surface area contributed by atoms with Crippen LogP contribution in [-0.2, 0) is 0 Å². The van der Waals surface area contributed by atoms with Crippen molar-refractivity contribution < 1.29 is 0 Å². The normalized spacial score (nSPS) is 24.4. The molecular weight excluding hydrogens is 312 g/mol. The molecule has 0 nitrogen and oxygen atoms in total. The zero-order valence-electron chi connectivity index (χ0n) is 16.6. The standard InChI is InChI=1S/C23H35Cl/c1-8-20(12-10-19(3)24)11-9-18(2)17-23(7)15-13-21(14-16-23)22(4,5)6/h9-15,18H,8,16-17H2,1-7H3/b11-9+,19-10+,20-12+. The van der Waals surface area contributed by atoms with Gasteiger partial charge in [0.2, 0.25) is 0 Å². The highest BCUT2D eigenvalue weighted by Crippen LogP contribution is 2.40. The molecule has 2 unspecified atom stereocenters. The topological polar surface area (TPSA) is 0 Å². The molecule has 0 heterocycles. The lowest BCUT2D eigenvalue weighted by atomic mass is 9.72. The second-order valence-corrected chi connectivity index (χ2v) is 9.09. The number of rotatable bonds is 6. The first kappa shape index (κ1) is 21.0. The third-order valence-corrected chi connectivity index (χ3v) is 4.81. The van der Waals surface area contributed by atoms with Crippen LogP contribution >= 0.6 is 11.6 Å². The Bertz CT molecular complexity index is 559. The molecular formula is C23H35Cl. The van der Waals surface area contributed by atoms with Crippen LogP contribution < -0.4 is 0 Å². The van der Waals surface area contributed by atoms with Gasteiger partial charge in [-0.2, -0.15) is 0 Å². The molecule has 0 bridgehead atoms. The van der Waals surface area contributed by atoms with Crippen molar-refractivity contribution in [3.63, 3.8) is 0 Å². The van der Waals surface area contributed by atoms with Gasteiger partial charge in [0.15, 0.2) is 0 Å². The van der Waals surface area contributed by atoms with Crippen molar-refractivity contribution in [3.8, 4) is 0 Å². The highest BCUT2D eigenvalue weighted by molar-refractivity contribution is 6.29. The maximum absolute atomic E-state index is 5.91. The molecule has 134 valence electrons. The Morgan fingerprint density at radius 3 is 2.46 bits per heavy atom. The van der Waals surface area contributed by atoms with Gasteiger partial charge in [-0.25, -0.2) is 0 Å². The molecule has 1 rings (SSSR count). The van der Waals surface area contributed by atoms with Crippen molar-refractivity contribution >= 4 is 11.6 Å². The van der Waals surface area contributed by atoms with E-state index in [9.17, 15) is 0 Å². The summed E-state index contributed by atoms with van der Waals surface area (Å²) in [5.74, 6) is 0.556. The number of hydrogen-bond acceptors (Lipinski definition) is 0. The number of halogens is 1. The van der Waals surface area contributed by atoms with E-state index in [-0.39, 0.29) is 10.8 Å². The highest BCUT2D eigenvalue weighted by Gasteiger charge is 2.27. The second-order valence-electron chi connectivity index (χ2n) is 8.49. The molecule has 0 saturated heterocycles. The van der Waals surface area contributed by atoms with Crippen molar-refractivity contribution in [2.75, 3.05) is 0 Å². The van der Waals surface area contributed by atoms with Crippen molar-refractivity contribution in [3.05, 3.63) is 58.7 Å². The van der Waals surface area contributed by atoms with E-state index in [0.717, 1.165) is 17.9 Å². The molecule has 0 aromatic rings. The lowest BCUT2D eigenvalue weighted by Gasteiger charge is -2.33. The van der Waals surface area contributed by atoms with Crippen molar-refractivity contribution in [2.24, 2.45) is 16.7 Å². The molecule has 0 aromatic heterocycles. The van der Waals surface area contributed by atoms with Gasteiger partial charge in [0.1, 0.15) is 0 Å². The lowest BCUT2D eigenvalue weighted by molar-refractivity contribution is 0.345. The van der Waals surface area contributed by atoms with Crippen LogP contribution in [0, 0.1) is 16.7 Å². The van der Waals surface area contributed by atoms with Crippen molar-refractivity contribution in [1.29, 1.82) is 0 Å². The Kier molecular flexibility index (Phi) is 7.80. The summed E-state index contributed by atoms with van der Waals surface area (Å²) in [7, 11) is 0. The molecule has 2 atom stereocenters. The maximum atomic E-state index is 5.91. The fourth-order valence-electron chi connectivity index (χ4n) is 3.08. The molecule has 1 aliphatic rings. The maximum Gasteiger partial charge on any atom is 0.0150 e. The van der Waals surface area contributed by atoms with Crippen LogP contribution in [0.25, 0.3) is 0 Å². The number of hydrogen-bond donors (Lipinski definition) is 0. The van der Waals surface area contributed by atoms with E-state index in [4.69, 9.17) is 11.6 Å². The summed E-state index contributed by atoms with van der Waals surface area (Å²) in [6.07, 6.45) is 19.2. The van der Waals surface area contributed by atoms with Gasteiger partial charge in [0, 0.05) is 5.03 Å². The third-order valence-electron chi connectivity index (χ3n) is 4.68. The fourth-order valence-corrected chi connectivity index (χ4v) is 3.15. The lowest BCUT2D eigenvalue weighted by Crippen LogP contribution is -2.20. The Hall–Kier alpha value is -1.01. The van der Waals surface area contributed by atoms with Crippen molar-refractivity contribution in [2.45, 2.75) is 67.7 Å². The minimum absolute atomic E-state index is 0.248. The Labute approximate surface area is 155 Å². The van der Waals surface area contributed by atoms with Gasteiger partial charge in [-0.05, 0) is 60.2 Å².